The standard InChI is InChI=1S/C9H16BrNO2S/c1-4-12-8(13-5-2)9(3)11-7(10)6-14-9/h8H,4-6H2,1-3H3. The normalized spacial score (nSPS) is 27.1. The van der Waals surface area contributed by atoms with Crippen LogP contribution in [0.2, 0.25) is 0 Å². The van der Waals surface area contributed by atoms with E-state index in [2.05, 4.69) is 20.9 Å². The van der Waals surface area contributed by atoms with Crippen molar-refractivity contribution in [1.29, 1.82) is 0 Å². The number of hydrogen-bond donors (Lipinski definition) is 0. The Kier molecular flexibility index (Phi) is 4.90. The van der Waals surface area contributed by atoms with E-state index in [9.17, 15) is 0 Å². The van der Waals surface area contributed by atoms with Gasteiger partial charge >= 0.3 is 0 Å². The third-order valence-electron chi connectivity index (χ3n) is 1.90. The van der Waals surface area contributed by atoms with Gasteiger partial charge in [0, 0.05) is 19.0 Å². The monoisotopic (exact) mass is 281 g/mol. The Morgan fingerprint density at radius 2 is 2.07 bits per heavy atom. The van der Waals surface area contributed by atoms with E-state index in [0.29, 0.717) is 13.2 Å². The van der Waals surface area contributed by atoms with Crippen LogP contribution >= 0.6 is 27.7 Å². The highest BCUT2D eigenvalue weighted by atomic mass is 79.9. The lowest BCUT2D eigenvalue weighted by atomic mass is 10.3. The fraction of sp³-hybridized carbons (Fsp3) is 0.889. The Balaban J connectivity index is 2.66. The average molecular weight is 282 g/mol. The van der Waals surface area contributed by atoms with Crippen molar-refractivity contribution in [3.8, 4) is 0 Å². The van der Waals surface area contributed by atoms with Gasteiger partial charge in [0.1, 0.15) is 0 Å². The summed E-state index contributed by atoms with van der Waals surface area (Å²) in [6.07, 6.45) is -0.252. The first kappa shape index (κ1) is 12.5. The second-order valence-corrected chi connectivity index (χ2v) is 5.39. The number of nitrogens with zero attached hydrogens (tertiary/aromatic N) is 1. The van der Waals surface area contributed by atoms with E-state index in [1.165, 1.54) is 0 Å². The molecule has 0 saturated carbocycles. The number of aliphatic imine (C=N–C) groups is 1. The summed E-state index contributed by atoms with van der Waals surface area (Å²) in [6, 6.07) is 0. The third kappa shape index (κ3) is 2.95. The molecule has 0 bridgehead atoms. The van der Waals surface area contributed by atoms with Crippen LogP contribution in [0.1, 0.15) is 20.8 Å². The third-order valence-corrected chi connectivity index (χ3v) is 4.02. The minimum Gasteiger partial charge on any atom is -0.350 e. The van der Waals surface area contributed by atoms with Crippen molar-refractivity contribution in [3.63, 3.8) is 0 Å². The van der Waals surface area contributed by atoms with E-state index >= 15 is 0 Å². The number of rotatable bonds is 5. The van der Waals surface area contributed by atoms with Gasteiger partial charge in [-0.2, -0.15) is 0 Å². The Morgan fingerprint density at radius 3 is 2.43 bits per heavy atom. The number of ether oxygens (including phenoxy) is 2. The van der Waals surface area contributed by atoms with Crippen LogP contribution in [0.3, 0.4) is 0 Å². The summed E-state index contributed by atoms with van der Waals surface area (Å²) in [5.41, 5.74) is 0. The first-order chi connectivity index (χ1) is 6.62. The summed E-state index contributed by atoms with van der Waals surface area (Å²) in [7, 11) is 0. The van der Waals surface area contributed by atoms with Crippen molar-refractivity contribution >= 4 is 32.3 Å². The lowest BCUT2D eigenvalue weighted by molar-refractivity contribution is -0.151. The second kappa shape index (κ2) is 5.49. The topological polar surface area (TPSA) is 30.8 Å². The van der Waals surface area contributed by atoms with Gasteiger partial charge in [-0.25, -0.2) is 0 Å². The van der Waals surface area contributed by atoms with Gasteiger partial charge in [-0.3, -0.25) is 4.99 Å². The summed E-state index contributed by atoms with van der Waals surface area (Å²) in [4.78, 5) is 4.20. The highest BCUT2D eigenvalue weighted by Gasteiger charge is 2.39. The quantitative estimate of drug-likeness (QED) is 0.726. The Morgan fingerprint density at radius 1 is 1.50 bits per heavy atom. The molecule has 0 amide bonds. The van der Waals surface area contributed by atoms with E-state index < -0.39 is 0 Å². The lowest BCUT2D eigenvalue weighted by Crippen LogP contribution is -2.37. The summed E-state index contributed by atoms with van der Waals surface area (Å²) in [5, 5.41) is 0. The van der Waals surface area contributed by atoms with Gasteiger partial charge in [0.2, 0.25) is 0 Å². The Hall–Kier alpha value is 0.420. The molecule has 1 heterocycles. The summed E-state index contributed by atoms with van der Waals surface area (Å²) in [5.74, 6) is 0.896. The fourth-order valence-corrected chi connectivity index (χ4v) is 3.04. The maximum absolute atomic E-state index is 5.55. The molecular weight excluding hydrogens is 266 g/mol. The van der Waals surface area contributed by atoms with Crippen LogP contribution in [-0.2, 0) is 9.47 Å². The van der Waals surface area contributed by atoms with Gasteiger partial charge in [0.15, 0.2) is 11.2 Å². The molecule has 0 aromatic rings. The first-order valence-electron chi connectivity index (χ1n) is 4.73. The molecule has 3 nitrogen and oxygen atoms in total. The van der Waals surface area contributed by atoms with Crippen LogP contribution < -0.4 is 0 Å². The molecule has 0 saturated heterocycles. The summed E-state index contributed by atoms with van der Waals surface area (Å²) in [6.45, 7) is 7.27. The molecule has 5 heteroatoms. The zero-order valence-electron chi connectivity index (χ0n) is 8.75. The van der Waals surface area contributed by atoms with Crippen LogP contribution in [0.15, 0.2) is 4.99 Å². The van der Waals surface area contributed by atoms with E-state index in [-0.39, 0.29) is 11.2 Å². The zero-order chi connectivity index (χ0) is 10.6. The predicted octanol–water partition coefficient (Wildman–Crippen LogP) is 2.64. The van der Waals surface area contributed by atoms with Crippen LogP contribution in [-0.4, -0.2) is 34.7 Å². The highest BCUT2D eigenvalue weighted by molar-refractivity contribution is 9.18. The van der Waals surface area contributed by atoms with Gasteiger partial charge in [0.05, 0.1) is 4.62 Å². The minimum absolute atomic E-state index is 0.252. The highest BCUT2D eigenvalue weighted by Crippen LogP contribution is 2.38. The van der Waals surface area contributed by atoms with E-state index in [1.807, 2.05) is 20.8 Å². The van der Waals surface area contributed by atoms with E-state index in [4.69, 9.17) is 9.47 Å². The second-order valence-electron chi connectivity index (χ2n) is 3.07. The smallest absolute Gasteiger partial charge is 0.191 e. The molecule has 0 fully saturated rings. The molecule has 0 aromatic heterocycles. The van der Waals surface area contributed by atoms with Gasteiger partial charge in [-0.1, -0.05) is 0 Å². The van der Waals surface area contributed by atoms with Crippen molar-refractivity contribution < 1.29 is 9.47 Å². The Labute approximate surface area is 97.8 Å². The van der Waals surface area contributed by atoms with E-state index in [0.717, 1.165) is 10.4 Å². The van der Waals surface area contributed by atoms with Crippen molar-refractivity contribution in [2.24, 2.45) is 4.99 Å². The van der Waals surface area contributed by atoms with Crippen LogP contribution in [0.25, 0.3) is 0 Å². The van der Waals surface area contributed by atoms with Gasteiger partial charge in [-0.05, 0) is 36.7 Å². The van der Waals surface area contributed by atoms with Crippen LogP contribution in [0, 0.1) is 0 Å². The number of halogens is 1. The molecule has 1 atom stereocenters. The molecule has 0 aromatic carbocycles. The average Bonchev–Trinajstić information content (AvgIpc) is 2.47. The molecule has 0 N–H and O–H groups in total. The fourth-order valence-electron chi connectivity index (χ4n) is 1.29. The molecule has 0 spiro atoms. The molecule has 0 aliphatic carbocycles. The largest absolute Gasteiger partial charge is 0.350 e. The van der Waals surface area contributed by atoms with Crippen molar-refractivity contribution in [3.05, 3.63) is 0 Å². The summed E-state index contributed by atoms with van der Waals surface area (Å²) < 4.78 is 12.1. The predicted molar refractivity (Wildman–Crippen MR) is 64.3 cm³/mol. The summed E-state index contributed by atoms with van der Waals surface area (Å²) >= 11 is 5.14. The first-order valence-corrected chi connectivity index (χ1v) is 6.51. The Bertz CT molecular complexity index is 219. The molecule has 1 aliphatic heterocycles. The SMILES string of the molecule is CCOC(OCC)C1(C)N=C(Br)CS1. The number of hydrogen-bond acceptors (Lipinski definition) is 4. The maximum atomic E-state index is 5.55. The van der Waals surface area contributed by atoms with Crippen molar-refractivity contribution in [1.82, 2.24) is 0 Å². The molecule has 1 unspecified atom stereocenters. The molecule has 0 radical (unpaired) electrons. The van der Waals surface area contributed by atoms with Gasteiger partial charge in [0.25, 0.3) is 0 Å². The van der Waals surface area contributed by atoms with Crippen molar-refractivity contribution in [2.45, 2.75) is 31.9 Å². The molecule has 82 valence electrons. The molecule has 1 aliphatic rings. The molecule has 14 heavy (non-hydrogen) atoms. The zero-order valence-corrected chi connectivity index (χ0v) is 11.2. The van der Waals surface area contributed by atoms with Crippen molar-refractivity contribution in [2.75, 3.05) is 19.0 Å². The van der Waals surface area contributed by atoms with Crippen LogP contribution in [0.4, 0.5) is 0 Å². The minimum atomic E-state index is -0.301. The molecule has 1 rings (SSSR count). The van der Waals surface area contributed by atoms with Gasteiger partial charge < -0.3 is 9.47 Å². The van der Waals surface area contributed by atoms with E-state index in [1.54, 1.807) is 11.8 Å². The number of thioether (sulfide) groups is 1. The molecular formula is C9H16BrNO2S. The van der Waals surface area contributed by atoms with Crippen LogP contribution in [0.5, 0.6) is 0 Å². The van der Waals surface area contributed by atoms with Gasteiger partial charge in [-0.15, -0.1) is 11.8 Å². The maximum Gasteiger partial charge on any atom is 0.191 e. The lowest BCUT2D eigenvalue weighted by Gasteiger charge is -2.29.